The average Bonchev–Trinajstić information content (AvgIpc) is 2.49. The second-order valence-corrected chi connectivity index (χ2v) is 6.39. The quantitative estimate of drug-likeness (QED) is 0.710. The van der Waals surface area contributed by atoms with Gasteiger partial charge in [0.2, 0.25) is 5.91 Å². The Morgan fingerprint density at radius 1 is 1.09 bits per heavy atom. The van der Waals surface area contributed by atoms with Gasteiger partial charge in [0.25, 0.3) is 0 Å². The largest absolute Gasteiger partial charge is 0.378 e. The molecule has 1 N–H and O–H groups in total. The van der Waals surface area contributed by atoms with Gasteiger partial charge in [-0.05, 0) is 69.6 Å². The maximum Gasteiger partial charge on any atom is 0.224 e. The van der Waals surface area contributed by atoms with Crippen molar-refractivity contribution in [3.05, 3.63) is 23.8 Å². The summed E-state index contributed by atoms with van der Waals surface area (Å²) in [6, 6.07) is 6.12. The first-order valence-corrected chi connectivity index (χ1v) is 8.78. The van der Waals surface area contributed by atoms with E-state index < -0.39 is 0 Å². The minimum Gasteiger partial charge on any atom is -0.378 e. The Hall–Kier alpha value is -1.55. The van der Waals surface area contributed by atoms with Crippen molar-refractivity contribution in [3.8, 4) is 0 Å². The molecule has 0 spiro atoms. The van der Waals surface area contributed by atoms with Crippen LogP contribution in [-0.4, -0.2) is 44.5 Å². The van der Waals surface area contributed by atoms with E-state index >= 15 is 0 Å². The standard InChI is InChI=1S/C19H33N3O/c1-6-12-22(13-7-2)14-8-9-19(23)20-18-11-10-17(21(4)5)15-16(18)3/h10-11,15H,6-9,12-14H2,1-5H3,(H,20,23). The molecule has 130 valence electrons. The highest BCUT2D eigenvalue weighted by Gasteiger charge is 2.08. The minimum absolute atomic E-state index is 0.110. The van der Waals surface area contributed by atoms with E-state index in [1.807, 2.05) is 33.2 Å². The molecule has 0 bridgehead atoms. The zero-order chi connectivity index (χ0) is 17.2. The van der Waals surface area contributed by atoms with Crippen LogP contribution in [0.25, 0.3) is 0 Å². The van der Waals surface area contributed by atoms with Crippen molar-refractivity contribution in [1.29, 1.82) is 0 Å². The third-order valence-electron chi connectivity index (χ3n) is 3.96. The van der Waals surface area contributed by atoms with Gasteiger partial charge in [0.1, 0.15) is 0 Å². The van der Waals surface area contributed by atoms with Crippen LogP contribution >= 0.6 is 0 Å². The van der Waals surface area contributed by atoms with E-state index in [1.54, 1.807) is 0 Å². The van der Waals surface area contributed by atoms with Crippen molar-refractivity contribution in [2.24, 2.45) is 0 Å². The van der Waals surface area contributed by atoms with Crippen LogP contribution in [0.1, 0.15) is 45.1 Å². The van der Waals surface area contributed by atoms with E-state index in [-0.39, 0.29) is 5.91 Å². The second-order valence-electron chi connectivity index (χ2n) is 6.39. The lowest BCUT2D eigenvalue weighted by molar-refractivity contribution is -0.116. The molecule has 23 heavy (non-hydrogen) atoms. The molecule has 0 aliphatic rings. The fourth-order valence-electron chi connectivity index (χ4n) is 2.71. The molecule has 0 heterocycles. The summed E-state index contributed by atoms with van der Waals surface area (Å²) in [7, 11) is 4.04. The maximum atomic E-state index is 12.1. The van der Waals surface area contributed by atoms with Gasteiger partial charge in [-0.2, -0.15) is 0 Å². The molecule has 0 aromatic heterocycles. The first-order valence-electron chi connectivity index (χ1n) is 8.78. The average molecular weight is 319 g/mol. The van der Waals surface area contributed by atoms with Gasteiger partial charge in [-0.15, -0.1) is 0 Å². The summed E-state index contributed by atoms with van der Waals surface area (Å²) < 4.78 is 0. The number of benzene rings is 1. The Kier molecular flexibility index (Phi) is 8.70. The van der Waals surface area contributed by atoms with Gasteiger partial charge in [0.05, 0.1) is 0 Å². The predicted octanol–water partition coefficient (Wildman–Crippen LogP) is 3.90. The molecule has 1 aromatic rings. The van der Waals surface area contributed by atoms with E-state index in [1.165, 1.54) is 12.8 Å². The molecule has 0 fully saturated rings. The summed E-state index contributed by atoms with van der Waals surface area (Å²) in [5, 5.41) is 3.04. The number of nitrogens with zero attached hydrogens (tertiary/aromatic N) is 2. The van der Waals surface area contributed by atoms with Gasteiger partial charge in [-0.1, -0.05) is 13.8 Å². The summed E-state index contributed by atoms with van der Waals surface area (Å²) in [6.07, 6.45) is 3.84. The Morgan fingerprint density at radius 2 is 1.74 bits per heavy atom. The summed E-state index contributed by atoms with van der Waals surface area (Å²) in [5.41, 5.74) is 3.16. The molecular weight excluding hydrogens is 286 g/mol. The van der Waals surface area contributed by atoms with Gasteiger partial charge in [0.15, 0.2) is 0 Å². The highest BCUT2D eigenvalue weighted by atomic mass is 16.1. The number of hydrogen-bond acceptors (Lipinski definition) is 3. The highest BCUT2D eigenvalue weighted by molar-refractivity contribution is 5.91. The third kappa shape index (κ3) is 7.04. The molecule has 0 radical (unpaired) electrons. The van der Waals surface area contributed by atoms with Crippen LogP contribution in [0, 0.1) is 6.92 Å². The van der Waals surface area contributed by atoms with Gasteiger partial charge in [-0.3, -0.25) is 4.79 Å². The molecule has 4 heteroatoms. The number of amides is 1. The number of hydrogen-bond donors (Lipinski definition) is 1. The van der Waals surface area contributed by atoms with E-state index in [4.69, 9.17) is 0 Å². The number of rotatable bonds is 10. The lowest BCUT2D eigenvalue weighted by Gasteiger charge is -2.20. The number of aryl methyl sites for hydroxylation is 1. The van der Waals surface area contributed by atoms with Crippen molar-refractivity contribution >= 4 is 17.3 Å². The molecule has 1 amide bonds. The van der Waals surface area contributed by atoms with Crippen molar-refractivity contribution in [1.82, 2.24) is 4.90 Å². The molecular formula is C19H33N3O. The Labute approximate surface area is 141 Å². The van der Waals surface area contributed by atoms with E-state index in [9.17, 15) is 4.79 Å². The van der Waals surface area contributed by atoms with E-state index in [0.29, 0.717) is 6.42 Å². The minimum atomic E-state index is 0.110. The zero-order valence-electron chi connectivity index (χ0n) is 15.5. The summed E-state index contributed by atoms with van der Waals surface area (Å²) in [5.74, 6) is 0.110. The first-order chi connectivity index (χ1) is 11.0. The van der Waals surface area contributed by atoms with E-state index in [0.717, 1.165) is 43.0 Å². The number of carbonyl (C=O) groups excluding carboxylic acids is 1. The lowest BCUT2D eigenvalue weighted by atomic mass is 10.1. The Morgan fingerprint density at radius 3 is 2.26 bits per heavy atom. The second kappa shape index (κ2) is 10.3. The molecule has 0 saturated heterocycles. The molecule has 4 nitrogen and oxygen atoms in total. The van der Waals surface area contributed by atoms with Crippen molar-refractivity contribution < 1.29 is 4.79 Å². The van der Waals surface area contributed by atoms with Gasteiger partial charge in [0, 0.05) is 31.9 Å². The first kappa shape index (κ1) is 19.5. The highest BCUT2D eigenvalue weighted by Crippen LogP contribution is 2.21. The summed E-state index contributed by atoms with van der Waals surface area (Å²) in [6.45, 7) is 9.70. The van der Waals surface area contributed by atoms with Crippen molar-refractivity contribution in [2.75, 3.05) is 43.9 Å². The molecule has 0 aliphatic heterocycles. The van der Waals surface area contributed by atoms with Crippen molar-refractivity contribution in [3.63, 3.8) is 0 Å². The number of nitrogens with one attached hydrogen (secondary N) is 1. The topological polar surface area (TPSA) is 35.6 Å². The maximum absolute atomic E-state index is 12.1. The molecule has 0 atom stereocenters. The Balaban J connectivity index is 2.44. The summed E-state index contributed by atoms with van der Waals surface area (Å²) >= 11 is 0. The Bertz CT molecular complexity index is 480. The SMILES string of the molecule is CCCN(CCC)CCCC(=O)Nc1ccc(N(C)C)cc1C. The predicted molar refractivity (Wildman–Crippen MR) is 100 cm³/mol. The monoisotopic (exact) mass is 319 g/mol. The van der Waals surface area contributed by atoms with Gasteiger partial charge < -0.3 is 15.1 Å². The van der Waals surface area contributed by atoms with Crippen LogP contribution in [0.2, 0.25) is 0 Å². The van der Waals surface area contributed by atoms with Crippen LogP contribution in [0.15, 0.2) is 18.2 Å². The van der Waals surface area contributed by atoms with Crippen LogP contribution in [0.4, 0.5) is 11.4 Å². The number of anilines is 2. The van der Waals surface area contributed by atoms with Crippen LogP contribution in [-0.2, 0) is 4.79 Å². The van der Waals surface area contributed by atoms with Crippen LogP contribution in [0.3, 0.4) is 0 Å². The molecule has 1 aromatic carbocycles. The molecule has 0 unspecified atom stereocenters. The van der Waals surface area contributed by atoms with E-state index in [2.05, 4.69) is 35.0 Å². The van der Waals surface area contributed by atoms with Crippen molar-refractivity contribution in [2.45, 2.75) is 46.5 Å². The third-order valence-corrected chi connectivity index (χ3v) is 3.96. The zero-order valence-corrected chi connectivity index (χ0v) is 15.5. The van der Waals surface area contributed by atoms with Crippen LogP contribution in [0.5, 0.6) is 0 Å². The normalized spacial score (nSPS) is 10.9. The molecule has 0 aliphatic carbocycles. The van der Waals surface area contributed by atoms with Gasteiger partial charge >= 0.3 is 0 Å². The fourth-order valence-corrected chi connectivity index (χ4v) is 2.71. The number of carbonyl (C=O) groups is 1. The fraction of sp³-hybridized carbons (Fsp3) is 0.632. The molecule has 0 saturated carbocycles. The smallest absolute Gasteiger partial charge is 0.224 e. The van der Waals surface area contributed by atoms with Gasteiger partial charge in [-0.25, -0.2) is 0 Å². The molecule has 1 rings (SSSR count). The lowest BCUT2D eigenvalue weighted by Crippen LogP contribution is -2.27. The summed E-state index contributed by atoms with van der Waals surface area (Å²) in [4.78, 5) is 16.7. The van der Waals surface area contributed by atoms with Crippen LogP contribution < -0.4 is 10.2 Å².